The van der Waals surface area contributed by atoms with Crippen LogP contribution >= 0.6 is 0 Å². The molecule has 28 heavy (non-hydrogen) atoms. The van der Waals surface area contributed by atoms with E-state index in [9.17, 15) is 9.59 Å². The molecule has 0 radical (unpaired) electrons. The van der Waals surface area contributed by atoms with Gasteiger partial charge in [0.2, 0.25) is 5.91 Å². The second-order valence-electron chi connectivity index (χ2n) is 7.85. The fourth-order valence-electron chi connectivity index (χ4n) is 4.40. The van der Waals surface area contributed by atoms with Crippen LogP contribution in [-0.4, -0.2) is 42.6 Å². The second kappa shape index (κ2) is 7.81. The van der Waals surface area contributed by atoms with E-state index in [4.69, 9.17) is 9.15 Å². The molecule has 2 aromatic rings. The zero-order valence-electron chi connectivity index (χ0n) is 16.3. The van der Waals surface area contributed by atoms with Crippen LogP contribution in [0.3, 0.4) is 0 Å². The molecule has 4 rings (SSSR count). The summed E-state index contributed by atoms with van der Waals surface area (Å²) in [6, 6.07) is 8.31. The van der Waals surface area contributed by atoms with E-state index in [2.05, 4.69) is 15.2 Å². The average molecular weight is 385 g/mol. The van der Waals surface area contributed by atoms with Crippen molar-refractivity contribution >= 4 is 29.0 Å². The van der Waals surface area contributed by atoms with Crippen molar-refractivity contribution in [2.75, 3.05) is 25.1 Å². The molecule has 7 nitrogen and oxygen atoms in total. The quantitative estimate of drug-likeness (QED) is 0.815. The number of oxazole rings is 1. The largest absolute Gasteiger partial charge is 0.467 e. The first-order valence-corrected chi connectivity index (χ1v) is 10.1. The maximum atomic E-state index is 12.9. The lowest BCUT2D eigenvalue weighted by atomic mass is 9.81. The van der Waals surface area contributed by atoms with Crippen LogP contribution in [-0.2, 0) is 14.3 Å². The summed E-state index contributed by atoms with van der Waals surface area (Å²) in [6.45, 7) is 1.41. The van der Waals surface area contributed by atoms with Crippen molar-refractivity contribution in [1.82, 2.24) is 10.3 Å². The minimum atomic E-state index is -0.846. The minimum absolute atomic E-state index is 0.0375. The van der Waals surface area contributed by atoms with Gasteiger partial charge in [-0.3, -0.25) is 4.79 Å². The summed E-state index contributed by atoms with van der Waals surface area (Å²) in [4.78, 5) is 31.9. The number of hydrogen-bond donors (Lipinski definition) is 1. The summed E-state index contributed by atoms with van der Waals surface area (Å²) >= 11 is 0. The van der Waals surface area contributed by atoms with Crippen LogP contribution in [0.1, 0.15) is 44.9 Å². The predicted octanol–water partition coefficient (Wildman–Crippen LogP) is 3.04. The van der Waals surface area contributed by atoms with Crippen LogP contribution in [0.2, 0.25) is 0 Å². The molecular weight excluding hydrogens is 358 g/mol. The molecule has 0 atom stereocenters. The number of anilines is 1. The number of carbonyl (C=O) groups excluding carboxylic acids is 2. The highest BCUT2D eigenvalue weighted by atomic mass is 16.5. The van der Waals surface area contributed by atoms with E-state index in [-0.39, 0.29) is 17.8 Å². The second-order valence-corrected chi connectivity index (χ2v) is 7.85. The number of benzene rings is 1. The first-order valence-electron chi connectivity index (χ1n) is 10.1. The van der Waals surface area contributed by atoms with Gasteiger partial charge in [-0.15, -0.1) is 0 Å². The lowest BCUT2D eigenvalue weighted by molar-refractivity contribution is -0.153. The van der Waals surface area contributed by atoms with Crippen molar-refractivity contribution in [3.05, 3.63) is 24.3 Å². The molecule has 1 aliphatic carbocycles. The van der Waals surface area contributed by atoms with Crippen molar-refractivity contribution in [2.24, 2.45) is 5.92 Å². The molecule has 1 aliphatic heterocycles. The summed E-state index contributed by atoms with van der Waals surface area (Å²) in [6.07, 6.45) is 5.71. The molecule has 7 heteroatoms. The zero-order chi connectivity index (χ0) is 19.6. The highest BCUT2D eigenvalue weighted by Crippen LogP contribution is 2.31. The molecule has 2 fully saturated rings. The third-order valence-corrected chi connectivity index (χ3v) is 6.06. The van der Waals surface area contributed by atoms with Gasteiger partial charge in [-0.1, -0.05) is 31.4 Å². The maximum absolute atomic E-state index is 12.9. The molecule has 1 N–H and O–H groups in total. The van der Waals surface area contributed by atoms with Crippen molar-refractivity contribution < 1.29 is 18.7 Å². The number of fused-ring (bicyclic) bond motifs is 1. The number of aromatic nitrogens is 1. The van der Waals surface area contributed by atoms with E-state index in [1.165, 1.54) is 7.11 Å². The Kier molecular flexibility index (Phi) is 5.24. The molecule has 150 valence electrons. The number of carbonyl (C=O) groups is 2. The Morgan fingerprint density at radius 1 is 1.18 bits per heavy atom. The highest BCUT2D eigenvalue weighted by Gasteiger charge is 2.43. The van der Waals surface area contributed by atoms with E-state index < -0.39 is 5.54 Å². The number of amides is 1. The van der Waals surface area contributed by atoms with Gasteiger partial charge in [0, 0.05) is 19.0 Å². The Balaban J connectivity index is 1.38. The molecule has 1 saturated carbocycles. The minimum Gasteiger partial charge on any atom is -0.467 e. The molecule has 0 spiro atoms. The van der Waals surface area contributed by atoms with Gasteiger partial charge in [0.25, 0.3) is 6.01 Å². The number of piperidine rings is 1. The van der Waals surface area contributed by atoms with Crippen LogP contribution in [0.15, 0.2) is 28.7 Å². The molecule has 0 bridgehead atoms. The van der Waals surface area contributed by atoms with E-state index in [1.807, 2.05) is 24.3 Å². The van der Waals surface area contributed by atoms with Crippen LogP contribution in [0, 0.1) is 5.92 Å². The van der Waals surface area contributed by atoms with Crippen LogP contribution in [0.25, 0.3) is 11.1 Å². The smallest absolute Gasteiger partial charge is 0.331 e. The summed E-state index contributed by atoms with van der Waals surface area (Å²) in [5, 5.41) is 3.06. The Morgan fingerprint density at radius 3 is 2.57 bits per heavy atom. The molecule has 1 saturated heterocycles. The SMILES string of the molecule is COC(=O)C1(NC(=O)C2CCN(c3nc4ccccc4o3)CC2)CCCCC1. The Hall–Kier alpha value is -2.57. The lowest BCUT2D eigenvalue weighted by Crippen LogP contribution is -2.58. The third kappa shape index (κ3) is 3.57. The number of methoxy groups -OCH3 is 1. The average Bonchev–Trinajstić information content (AvgIpc) is 3.18. The van der Waals surface area contributed by atoms with Gasteiger partial charge in [-0.25, -0.2) is 4.79 Å². The lowest BCUT2D eigenvalue weighted by Gasteiger charge is -2.37. The number of ether oxygens (including phenoxy) is 1. The topological polar surface area (TPSA) is 84.7 Å². The van der Waals surface area contributed by atoms with Gasteiger partial charge in [0.1, 0.15) is 11.1 Å². The molecule has 2 aliphatic rings. The number of nitrogens with zero attached hydrogens (tertiary/aromatic N) is 2. The molecule has 2 heterocycles. The van der Waals surface area contributed by atoms with Gasteiger partial charge in [0.05, 0.1) is 7.11 Å². The van der Waals surface area contributed by atoms with Crippen molar-refractivity contribution in [3.63, 3.8) is 0 Å². The van der Waals surface area contributed by atoms with Gasteiger partial charge in [-0.2, -0.15) is 4.98 Å². The number of hydrogen-bond acceptors (Lipinski definition) is 6. The first kappa shape index (κ1) is 18.8. The summed E-state index contributed by atoms with van der Waals surface area (Å²) in [5.41, 5.74) is 0.769. The predicted molar refractivity (Wildman–Crippen MR) is 105 cm³/mol. The maximum Gasteiger partial charge on any atom is 0.331 e. The number of esters is 1. The van der Waals surface area contributed by atoms with Crippen molar-refractivity contribution in [3.8, 4) is 0 Å². The van der Waals surface area contributed by atoms with Gasteiger partial charge in [0.15, 0.2) is 5.58 Å². The fourth-order valence-corrected chi connectivity index (χ4v) is 4.40. The normalized spacial score (nSPS) is 20.1. The Bertz CT molecular complexity index is 815. The van der Waals surface area contributed by atoms with E-state index >= 15 is 0 Å². The molecular formula is C21H27N3O4. The molecule has 1 aromatic carbocycles. The van der Waals surface area contributed by atoms with Gasteiger partial charge in [-0.05, 0) is 37.8 Å². The summed E-state index contributed by atoms with van der Waals surface area (Å²) < 4.78 is 10.8. The monoisotopic (exact) mass is 385 g/mol. The summed E-state index contributed by atoms with van der Waals surface area (Å²) in [5.74, 6) is -0.460. The molecule has 0 unspecified atom stereocenters. The number of nitrogens with one attached hydrogen (secondary N) is 1. The zero-order valence-corrected chi connectivity index (χ0v) is 16.3. The number of para-hydroxylation sites is 2. The Morgan fingerprint density at radius 2 is 1.89 bits per heavy atom. The number of rotatable bonds is 4. The first-order chi connectivity index (χ1) is 13.6. The van der Waals surface area contributed by atoms with E-state index in [0.29, 0.717) is 44.8 Å². The molecule has 1 aromatic heterocycles. The Labute approximate surface area is 164 Å². The summed E-state index contributed by atoms with van der Waals surface area (Å²) in [7, 11) is 1.39. The van der Waals surface area contributed by atoms with Crippen molar-refractivity contribution in [2.45, 2.75) is 50.5 Å². The van der Waals surface area contributed by atoms with Crippen LogP contribution < -0.4 is 10.2 Å². The van der Waals surface area contributed by atoms with Gasteiger partial charge >= 0.3 is 5.97 Å². The van der Waals surface area contributed by atoms with E-state index in [0.717, 1.165) is 30.4 Å². The third-order valence-electron chi connectivity index (χ3n) is 6.06. The molecule has 1 amide bonds. The van der Waals surface area contributed by atoms with E-state index in [1.54, 1.807) is 0 Å². The van der Waals surface area contributed by atoms with Gasteiger partial charge < -0.3 is 19.4 Å². The van der Waals surface area contributed by atoms with Crippen molar-refractivity contribution in [1.29, 1.82) is 0 Å². The fraction of sp³-hybridized carbons (Fsp3) is 0.571. The highest BCUT2D eigenvalue weighted by molar-refractivity contribution is 5.89. The standard InChI is InChI=1S/C21H27N3O4/c1-27-19(26)21(11-5-2-6-12-21)23-18(25)15-9-13-24(14-10-15)20-22-16-7-3-4-8-17(16)28-20/h3-4,7-8,15H,2,5-6,9-14H2,1H3,(H,23,25). The van der Waals surface area contributed by atoms with Crippen LogP contribution in [0.5, 0.6) is 0 Å². The van der Waals surface area contributed by atoms with Crippen LogP contribution in [0.4, 0.5) is 6.01 Å².